The first-order valence-corrected chi connectivity index (χ1v) is 14.2. The predicted molar refractivity (Wildman–Crippen MR) is 154 cm³/mol. The van der Waals surface area contributed by atoms with E-state index in [0.29, 0.717) is 28.6 Å². The topological polar surface area (TPSA) is 128 Å². The van der Waals surface area contributed by atoms with Crippen molar-refractivity contribution in [3.05, 3.63) is 64.6 Å². The van der Waals surface area contributed by atoms with E-state index in [1.165, 1.54) is 13.3 Å². The molecule has 5 rings (SSSR count). The van der Waals surface area contributed by atoms with Crippen molar-refractivity contribution < 1.29 is 23.9 Å². The van der Waals surface area contributed by atoms with Crippen LogP contribution in [-0.2, 0) is 16.0 Å². The molecule has 3 aromatic rings. The molecule has 2 aromatic heterocycles. The second-order valence-electron chi connectivity index (χ2n) is 9.80. The highest BCUT2D eigenvalue weighted by atomic mass is 32.2. The molecule has 2 aliphatic heterocycles. The number of benzene rings is 1. The lowest BCUT2D eigenvalue weighted by Crippen LogP contribution is -2.39. The highest BCUT2D eigenvalue weighted by Gasteiger charge is 2.35. The van der Waals surface area contributed by atoms with Crippen LogP contribution < -0.4 is 14.4 Å². The lowest BCUT2D eigenvalue weighted by molar-refractivity contribution is -0.127. The van der Waals surface area contributed by atoms with Gasteiger partial charge in [-0.3, -0.25) is 19.3 Å². The Labute approximate surface area is 242 Å². The summed E-state index contributed by atoms with van der Waals surface area (Å²) in [5.41, 5.74) is 2.45. The predicted octanol–water partition coefficient (Wildman–Crippen LogP) is 4.60. The van der Waals surface area contributed by atoms with Crippen molar-refractivity contribution in [3.8, 4) is 17.5 Å². The second kappa shape index (κ2) is 12.5. The Morgan fingerprint density at radius 3 is 2.54 bits per heavy atom. The number of ether oxygens (including phenoxy) is 2. The first kappa shape index (κ1) is 28.2. The lowest BCUT2D eigenvalue weighted by Gasteiger charge is -2.32. The number of piperidine rings is 1. The zero-order chi connectivity index (χ0) is 28.9. The van der Waals surface area contributed by atoms with E-state index in [9.17, 15) is 14.4 Å². The third kappa shape index (κ3) is 6.71. The summed E-state index contributed by atoms with van der Waals surface area (Å²) < 4.78 is 12.3. The zero-order valence-electron chi connectivity index (χ0n) is 23.1. The Balaban J connectivity index is 1.22. The van der Waals surface area contributed by atoms with E-state index >= 15 is 0 Å². The number of aromatic nitrogens is 4. The maximum absolute atomic E-state index is 12.6. The molecule has 0 bridgehead atoms. The van der Waals surface area contributed by atoms with E-state index in [4.69, 9.17) is 9.47 Å². The number of Topliss-reactive ketones (excluding diaryl/α,β-unsaturated/α-hetero) is 1. The number of aryl methyl sites for hydroxylation is 1. The van der Waals surface area contributed by atoms with Gasteiger partial charge in [-0.25, -0.2) is 19.9 Å². The first-order chi connectivity index (χ1) is 19.8. The molecule has 4 heterocycles. The van der Waals surface area contributed by atoms with Gasteiger partial charge in [0.2, 0.25) is 17.7 Å². The van der Waals surface area contributed by atoms with Crippen LogP contribution in [0.1, 0.15) is 43.4 Å². The summed E-state index contributed by atoms with van der Waals surface area (Å²) in [7, 11) is 0. The second-order valence-corrected chi connectivity index (χ2v) is 10.8. The van der Waals surface area contributed by atoms with Crippen molar-refractivity contribution in [2.24, 2.45) is 0 Å². The van der Waals surface area contributed by atoms with Gasteiger partial charge in [0.1, 0.15) is 24.0 Å². The monoisotopic (exact) mass is 574 g/mol. The van der Waals surface area contributed by atoms with Gasteiger partial charge < -0.3 is 14.4 Å². The number of carbonyl (C=O) groups is 3. The van der Waals surface area contributed by atoms with Crippen LogP contribution in [0, 0.1) is 6.92 Å². The van der Waals surface area contributed by atoms with Gasteiger partial charge in [0.15, 0.2) is 0 Å². The molecule has 0 aliphatic carbocycles. The Hall–Kier alpha value is -4.32. The summed E-state index contributed by atoms with van der Waals surface area (Å²) in [6.07, 6.45) is 9.28. The molecule has 2 amide bonds. The quantitative estimate of drug-likeness (QED) is 0.333. The average molecular weight is 575 g/mol. The van der Waals surface area contributed by atoms with Crippen LogP contribution in [0.3, 0.4) is 0 Å². The SMILES string of the molecule is CCc1cnc(N2CCC(Oc3ncnc(Oc4cccc(C=C5SC(=O)N(CC(C)=O)C5=O)c4)c3C)CC2)nc1. The molecule has 1 aromatic carbocycles. The van der Waals surface area contributed by atoms with Crippen molar-refractivity contribution >= 4 is 40.7 Å². The van der Waals surface area contributed by atoms with Crippen LogP contribution in [0.15, 0.2) is 47.9 Å². The Morgan fingerprint density at radius 2 is 1.83 bits per heavy atom. The summed E-state index contributed by atoms with van der Waals surface area (Å²) in [5.74, 6) is 1.32. The highest BCUT2D eigenvalue weighted by molar-refractivity contribution is 8.18. The minimum Gasteiger partial charge on any atom is -0.474 e. The minimum absolute atomic E-state index is 0.00991. The van der Waals surface area contributed by atoms with Crippen LogP contribution in [0.25, 0.3) is 6.08 Å². The van der Waals surface area contributed by atoms with E-state index < -0.39 is 11.1 Å². The number of anilines is 1. The molecular formula is C29H30N6O5S. The molecule has 12 heteroatoms. The zero-order valence-corrected chi connectivity index (χ0v) is 23.9. The summed E-state index contributed by atoms with van der Waals surface area (Å²) in [6, 6.07) is 7.09. The van der Waals surface area contributed by atoms with E-state index in [0.717, 1.165) is 60.5 Å². The number of carbonyl (C=O) groups excluding carboxylic acids is 3. The largest absolute Gasteiger partial charge is 0.474 e. The number of thioether (sulfide) groups is 1. The first-order valence-electron chi connectivity index (χ1n) is 13.4. The fraction of sp³-hybridized carbons (Fsp3) is 0.345. The molecule has 2 saturated heterocycles. The smallest absolute Gasteiger partial charge is 0.293 e. The van der Waals surface area contributed by atoms with Gasteiger partial charge in [-0.15, -0.1) is 0 Å². The van der Waals surface area contributed by atoms with Crippen LogP contribution in [0.5, 0.6) is 17.5 Å². The molecule has 0 saturated carbocycles. The van der Waals surface area contributed by atoms with Gasteiger partial charge in [0.05, 0.1) is 17.0 Å². The summed E-state index contributed by atoms with van der Waals surface area (Å²) >= 11 is 0.808. The number of rotatable bonds is 9. The van der Waals surface area contributed by atoms with Crippen molar-refractivity contribution in [3.63, 3.8) is 0 Å². The highest BCUT2D eigenvalue weighted by Crippen LogP contribution is 2.34. The van der Waals surface area contributed by atoms with Crippen LogP contribution in [0.4, 0.5) is 10.7 Å². The summed E-state index contributed by atoms with van der Waals surface area (Å²) in [5, 5.41) is -0.461. The van der Waals surface area contributed by atoms with Gasteiger partial charge >= 0.3 is 0 Å². The minimum atomic E-state index is -0.484. The van der Waals surface area contributed by atoms with E-state index in [2.05, 4.69) is 31.8 Å². The molecule has 2 fully saturated rings. The van der Waals surface area contributed by atoms with Gasteiger partial charge in [-0.1, -0.05) is 19.1 Å². The van der Waals surface area contributed by atoms with E-state index in [-0.39, 0.29) is 23.3 Å². The van der Waals surface area contributed by atoms with Gasteiger partial charge in [0.25, 0.3) is 11.1 Å². The van der Waals surface area contributed by atoms with Crippen molar-refractivity contribution in [2.45, 2.75) is 46.1 Å². The number of ketones is 1. The molecule has 11 nitrogen and oxygen atoms in total. The number of hydrogen-bond donors (Lipinski definition) is 0. The molecule has 2 aliphatic rings. The number of amides is 2. The molecule has 0 unspecified atom stereocenters. The fourth-order valence-electron chi connectivity index (χ4n) is 4.46. The summed E-state index contributed by atoms with van der Waals surface area (Å²) in [4.78, 5) is 57.1. The Kier molecular flexibility index (Phi) is 8.58. The molecule has 0 radical (unpaired) electrons. The van der Waals surface area contributed by atoms with Crippen LogP contribution in [-0.4, -0.2) is 67.5 Å². The maximum Gasteiger partial charge on any atom is 0.293 e. The Bertz CT molecular complexity index is 1490. The van der Waals surface area contributed by atoms with Crippen molar-refractivity contribution in [1.29, 1.82) is 0 Å². The molecule has 41 heavy (non-hydrogen) atoms. The lowest BCUT2D eigenvalue weighted by atomic mass is 10.1. The van der Waals surface area contributed by atoms with Crippen LogP contribution in [0.2, 0.25) is 0 Å². The van der Waals surface area contributed by atoms with Gasteiger partial charge in [-0.05, 0) is 61.4 Å². The number of imide groups is 1. The van der Waals surface area contributed by atoms with Crippen molar-refractivity contribution in [2.75, 3.05) is 24.5 Å². The van der Waals surface area contributed by atoms with E-state index in [1.54, 1.807) is 30.3 Å². The van der Waals surface area contributed by atoms with Gasteiger partial charge in [0, 0.05) is 38.3 Å². The number of nitrogens with zero attached hydrogens (tertiary/aromatic N) is 6. The molecule has 0 atom stereocenters. The van der Waals surface area contributed by atoms with Crippen LogP contribution >= 0.6 is 11.8 Å². The number of hydrogen-bond acceptors (Lipinski definition) is 11. The standard InChI is InChI=1S/C29H30N6O5S/c1-4-20-14-30-28(31-15-20)34-10-8-22(9-11-34)39-25-19(3)26(33-17-32-25)40-23-7-5-6-21(12-23)13-24-27(37)35(16-18(2)36)29(38)41-24/h5-7,12-15,17,22H,4,8-11,16H2,1-3H3. The summed E-state index contributed by atoms with van der Waals surface area (Å²) in [6.45, 7) is 6.60. The average Bonchev–Trinajstić information content (AvgIpc) is 3.22. The third-order valence-electron chi connectivity index (χ3n) is 6.72. The van der Waals surface area contributed by atoms with Gasteiger partial charge in [-0.2, -0.15) is 0 Å². The molecule has 212 valence electrons. The third-order valence-corrected chi connectivity index (χ3v) is 7.63. The molecular weight excluding hydrogens is 544 g/mol. The molecule has 0 spiro atoms. The molecule has 0 N–H and O–H groups in total. The Morgan fingerprint density at radius 1 is 1.10 bits per heavy atom. The van der Waals surface area contributed by atoms with E-state index in [1.807, 2.05) is 19.3 Å². The fourth-order valence-corrected chi connectivity index (χ4v) is 5.29. The maximum atomic E-state index is 12.6. The van der Waals surface area contributed by atoms with Crippen molar-refractivity contribution in [1.82, 2.24) is 24.8 Å². The normalized spacial score (nSPS) is 16.9.